The van der Waals surface area contributed by atoms with Crippen LogP contribution >= 0.6 is 0 Å². The van der Waals surface area contributed by atoms with Gasteiger partial charge in [-0.05, 0) is 26.0 Å². The average Bonchev–Trinajstić information content (AvgIpc) is 2.31. The molecule has 1 rings (SSSR count). The molecule has 1 N–H and O–H groups in total. The minimum Gasteiger partial charge on any atom is -0.504 e. The highest BCUT2D eigenvalue weighted by Crippen LogP contribution is 2.26. The minimum absolute atomic E-state index is 0.0615. The standard InChI is InChI=1S/C13H16N2O4/c1-9(7-10(2)19-13(17)8-15-14)18-12-6-4-3-5-11(12)16/h3-6,8-10,16H,7H2,1-2H3/t9-,10+/m0/s1. The van der Waals surface area contributed by atoms with Gasteiger partial charge in [0.2, 0.25) is 0 Å². The molecule has 2 atom stereocenters. The van der Waals surface area contributed by atoms with E-state index in [9.17, 15) is 9.90 Å². The molecule has 0 fully saturated rings. The van der Waals surface area contributed by atoms with Crippen LogP contribution in [0.1, 0.15) is 20.3 Å². The maximum atomic E-state index is 11.0. The lowest BCUT2D eigenvalue weighted by atomic mass is 10.2. The fourth-order valence-corrected chi connectivity index (χ4v) is 1.61. The van der Waals surface area contributed by atoms with Crippen molar-refractivity contribution in [2.45, 2.75) is 32.5 Å². The van der Waals surface area contributed by atoms with E-state index in [4.69, 9.17) is 15.0 Å². The van der Waals surface area contributed by atoms with E-state index in [0.29, 0.717) is 18.4 Å². The van der Waals surface area contributed by atoms with Crippen LogP contribution in [-0.2, 0) is 9.53 Å². The molecule has 0 aliphatic rings. The zero-order chi connectivity index (χ0) is 14.3. The third-order valence-corrected chi connectivity index (χ3v) is 2.34. The Bertz CT molecular complexity index is 483. The lowest BCUT2D eigenvalue weighted by molar-refractivity contribution is -0.144. The maximum Gasteiger partial charge on any atom is 0.413 e. The molecule has 0 aliphatic carbocycles. The Morgan fingerprint density at radius 2 is 2.11 bits per heavy atom. The summed E-state index contributed by atoms with van der Waals surface area (Å²) in [6, 6.07) is 6.64. The van der Waals surface area contributed by atoms with Gasteiger partial charge in [-0.1, -0.05) is 12.1 Å². The third kappa shape index (κ3) is 5.23. The summed E-state index contributed by atoms with van der Waals surface area (Å²) in [4.78, 5) is 13.6. The van der Waals surface area contributed by atoms with Crippen LogP contribution in [0.5, 0.6) is 11.5 Å². The number of carbonyl (C=O) groups excluding carboxylic acids is 1. The van der Waals surface area contributed by atoms with Gasteiger partial charge in [0.05, 0.1) is 6.10 Å². The van der Waals surface area contributed by atoms with E-state index < -0.39 is 12.1 Å². The summed E-state index contributed by atoms with van der Waals surface area (Å²) in [6.45, 7) is 3.50. The Balaban J connectivity index is 2.47. The number of phenolic OH excluding ortho intramolecular Hbond substituents is 1. The van der Waals surface area contributed by atoms with E-state index in [1.54, 1.807) is 32.0 Å². The maximum absolute atomic E-state index is 11.0. The lowest BCUT2D eigenvalue weighted by Gasteiger charge is -2.18. The van der Waals surface area contributed by atoms with E-state index in [-0.39, 0.29) is 11.9 Å². The summed E-state index contributed by atoms with van der Waals surface area (Å²) in [7, 11) is 0. The van der Waals surface area contributed by atoms with Crippen molar-refractivity contribution in [3.05, 3.63) is 29.8 Å². The van der Waals surface area contributed by atoms with Gasteiger partial charge in [0.15, 0.2) is 11.5 Å². The molecule has 0 amide bonds. The van der Waals surface area contributed by atoms with E-state index in [1.807, 2.05) is 0 Å². The summed E-state index contributed by atoms with van der Waals surface area (Å²) >= 11 is 0. The summed E-state index contributed by atoms with van der Waals surface area (Å²) in [6.07, 6.45) is 0.484. The SMILES string of the molecule is C[C@H](C[C@H](C)Oc1ccccc1O)OC(=O)C=[N+]=[N-]. The van der Waals surface area contributed by atoms with E-state index in [1.165, 1.54) is 6.07 Å². The predicted octanol–water partition coefficient (Wildman–Crippen LogP) is 1.78. The molecule has 19 heavy (non-hydrogen) atoms. The van der Waals surface area contributed by atoms with Crippen molar-refractivity contribution in [2.24, 2.45) is 0 Å². The monoisotopic (exact) mass is 264 g/mol. The quantitative estimate of drug-likeness (QED) is 0.367. The third-order valence-electron chi connectivity index (χ3n) is 2.34. The van der Waals surface area contributed by atoms with Gasteiger partial charge in [-0.15, -0.1) is 0 Å². The number of para-hydroxylation sites is 2. The first-order valence-electron chi connectivity index (χ1n) is 5.85. The molecule has 0 bridgehead atoms. The molecule has 1 aromatic rings. The number of hydrogen-bond acceptors (Lipinski definition) is 4. The molecule has 0 aliphatic heterocycles. The second-order valence-electron chi connectivity index (χ2n) is 4.12. The molecule has 0 spiro atoms. The normalized spacial score (nSPS) is 12.9. The van der Waals surface area contributed by atoms with Crippen molar-refractivity contribution < 1.29 is 24.2 Å². The van der Waals surface area contributed by atoms with Crippen LogP contribution in [-0.4, -0.2) is 34.3 Å². The van der Waals surface area contributed by atoms with Crippen LogP contribution in [0.3, 0.4) is 0 Å². The van der Waals surface area contributed by atoms with Crippen LogP contribution < -0.4 is 4.74 Å². The molecule has 0 aromatic heterocycles. The summed E-state index contributed by atoms with van der Waals surface area (Å²) in [5, 5.41) is 9.55. The molecule has 0 heterocycles. The van der Waals surface area contributed by atoms with Crippen molar-refractivity contribution in [3.8, 4) is 11.5 Å². The van der Waals surface area contributed by atoms with Crippen LogP contribution in [0.25, 0.3) is 5.53 Å². The molecule has 102 valence electrons. The van der Waals surface area contributed by atoms with Crippen molar-refractivity contribution in [3.63, 3.8) is 0 Å². The number of carbonyl (C=O) groups is 1. The molecule has 1 aromatic carbocycles. The van der Waals surface area contributed by atoms with Crippen LogP contribution in [0.15, 0.2) is 24.3 Å². The molecule has 0 saturated heterocycles. The van der Waals surface area contributed by atoms with Gasteiger partial charge in [0.1, 0.15) is 6.10 Å². The Labute approximate surface area is 111 Å². The van der Waals surface area contributed by atoms with Crippen molar-refractivity contribution in [2.75, 3.05) is 0 Å². The van der Waals surface area contributed by atoms with Crippen molar-refractivity contribution in [1.29, 1.82) is 0 Å². The number of rotatable bonds is 6. The van der Waals surface area contributed by atoms with Gasteiger partial charge in [-0.25, -0.2) is 4.79 Å². The van der Waals surface area contributed by atoms with E-state index >= 15 is 0 Å². The lowest BCUT2D eigenvalue weighted by Crippen LogP contribution is -2.23. The van der Waals surface area contributed by atoms with Gasteiger partial charge in [0.25, 0.3) is 0 Å². The number of hydrogen-bond donors (Lipinski definition) is 1. The van der Waals surface area contributed by atoms with Gasteiger partial charge < -0.3 is 20.1 Å². The smallest absolute Gasteiger partial charge is 0.413 e. The second kappa shape index (κ2) is 7.18. The highest BCUT2D eigenvalue weighted by Gasteiger charge is 2.16. The Hall–Kier alpha value is -2.33. The topological polar surface area (TPSA) is 92.2 Å². The van der Waals surface area contributed by atoms with Crippen LogP contribution in [0.2, 0.25) is 0 Å². The number of phenols is 1. The molecule has 6 heteroatoms. The number of nitrogens with zero attached hydrogens (tertiary/aromatic N) is 2. The zero-order valence-corrected chi connectivity index (χ0v) is 10.8. The fraction of sp³-hybridized carbons (Fsp3) is 0.385. The molecule has 0 radical (unpaired) electrons. The first kappa shape index (κ1) is 14.7. The van der Waals surface area contributed by atoms with Crippen molar-refractivity contribution >= 4 is 12.2 Å². The van der Waals surface area contributed by atoms with Crippen LogP contribution in [0, 0.1) is 0 Å². The largest absolute Gasteiger partial charge is 0.504 e. The number of benzene rings is 1. The Morgan fingerprint density at radius 1 is 1.42 bits per heavy atom. The highest BCUT2D eigenvalue weighted by atomic mass is 16.5. The first-order valence-corrected chi connectivity index (χ1v) is 5.85. The molecule has 0 unspecified atom stereocenters. The summed E-state index contributed by atoms with van der Waals surface area (Å²) in [5.74, 6) is -0.276. The number of ether oxygens (including phenoxy) is 2. The van der Waals surface area contributed by atoms with Gasteiger partial charge >= 0.3 is 12.2 Å². The van der Waals surface area contributed by atoms with Crippen molar-refractivity contribution in [1.82, 2.24) is 0 Å². The summed E-state index contributed by atoms with van der Waals surface area (Å²) in [5.41, 5.74) is 8.17. The van der Waals surface area contributed by atoms with Crippen LogP contribution in [0.4, 0.5) is 0 Å². The predicted molar refractivity (Wildman–Crippen MR) is 68.1 cm³/mol. The number of esters is 1. The van der Waals surface area contributed by atoms with E-state index in [0.717, 1.165) is 0 Å². The zero-order valence-electron chi connectivity index (χ0n) is 10.8. The van der Waals surface area contributed by atoms with E-state index in [2.05, 4.69) is 4.79 Å². The highest BCUT2D eigenvalue weighted by molar-refractivity contribution is 6.20. The molecular formula is C13H16N2O4. The Kier molecular flexibility index (Phi) is 5.57. The minimum atomic E-state index is -0.718. The molecule has 0 saturated carbocycles. The molecular weight excluding hydrogens is 248 g/mol. The Morgan fingerprint density at radius 3 is 2.74 bits per heavy atom. The molecule has 6 nitrogen and oxygen atoms in total. The summed E-state index contributed by atoms with van der Waals surface area (Å²) < 4.78 is 10.5. The average molecular weight is 264 g/mol. The fourth-order valence-electron chi connectivity index (χ4n) is 1.61. The van der Waals surface area contributed by atoms with Gasteiger partial charge in [-0.2, -0.15) is 4.79 Å². The second-order valence-corrected chi connectivity index (χ2v) is 4.12. The van der Waals surface area contributed by atoms with Gasteiger partial charge in [0, 0.05) is 6.42 Å². The number of aromatic hydroxyl groups is 1. The van der Waals surface area contributed by atoms with Gasteiger partial charge in [-0.3, -0.25) is 0 Å². The first-order chi connectivity index (χ1) is 9.02.